The molecule has 0 saturated heterocycles. The summed E-state index contributed by atoms with van der Waals surface area (Å²) in [7, 11) is -8.20. The molecule has 4 N–H and O–H groups in total. The van der Waals surface area contributed by atoms with Crippen molar-refractivity contribution in [2.45, 2.75) is 23.6 Å². The fourth-order valence-electron chi connectivity index (χ4n) is 3.61. The van der Waals surface area contributed by atoms with Gasteiger partial charge in [0.15, 0.2) is 0 Å². The lowest BCUT2D eigenvalue weighted by Crippen LogP contribution is -2.35. The van der Waals surface area contributed by atoms with Crippen LogP contribution in [0.5, 0.6) is 0 Å². The first kappa shape index (κ1) is 26.6. The fraction of sp³-hybridized carbons (Fsp3) is 0.0769. The number of anilines is 2. The topological polar surface area (TPSA) is 151 Å². The second-order valence-electron chi connectivity index (χ2n) is 8.45. The summed E-state index contributed by atoms with van der Waals surface area (Å²) in [6, 6.07) is 19.7. The van der Waals surface area contributed by atoms with E-state index in [2.05, 4.69) is 10.6 Å². The predicted molar refractivity (Wildman–Crippen MR) is 145 cm³/mol. The minimum absolute atomic E-state index is 0.0609. The Hall–Kier alpha value is -4.42. The molecule has 0 aliphatic carbocycles. The molecule has 0 fully saturated rings. The van der Waals surface area contributed by atoms with Gasteiger partial charge in [-0.2, -0.15) is 0 Å². The molecule has 0 spiro atoms. The molecule has 12 heteroatoms. The van der Waals surface area contributed by atoms with Gasteiger partial charge in [-0.25, -0.2) is 35.9 Å². The molecular formula is C26H24N4O6S2. The summed E-state index contributed by atoms with van der Waals surface area (Å²) in [4.78, 5) is 25.0. The molecule has 0 aromatic heterocycles. The zero-order chi connectivity index (χ0) is 27.5. The Morgan fingerprint density at radius 2 is 0.868 bits per heavy atom. The average Bonchev–Trinajstić information content (AvgIpc) is 2.85. The average molecular weight is 553 g/mol. The van der Waals surface area contributed by atoms with Crippen molar-refractivity contribution in [2.24, 2.45) is 0 Å². The number of urea groups is 2. The number of rotatable bonds is 6. The number of hydrogen-bond donors (Lipinski definition) is 4. The van der Waals surface area contributed by atoms with Gasteiger partial charge in [-0.15, -0.1) is 0 Å². The van der Waals surface area contributed by atoms with Crippen LogP contribution in [0.3, 0.4) is 0 Å². The van der Waals surface area contributed by atoms with E-state index in [1.54, 1.807) is 48.5 Å². The normalized spacial score (nSPS) is 11.5. The summed E-state index contributed by atoms with van der Waals surface area (Å²) in [6.45, 7) is 3.62. The van der Waals surface area contributed by atoms with Crippen molar-refractivity contribution in [1.29, 1.82) is 0 Å². The highest BCUT2D eigenvalue weighted by atomic mass is 32.2. The van der Waals surface area contributed by atoms with Gasteiger partial charge in [0.25, 0.3) is 20.0 Å². The van der Waals surface area contributed by atoms with Crippen molar-refractivity contribution >= 4 is 54.3 Å². The number of hydrogen-bond acceptors (Lipinski definition) is 6. The van der Waals surface area contributed by atoms with Crippen LogP contribution in [0.15, 0.2) is 94.7 Å². The molecule has 10 nitrogen and oxygen atoms in total. The molecule has 0 atom stereocenters. The monoisotopic (exact) mass is 552 g/mol. The van der Waals surface area contributed by atoms with Gasteiger partial charge in [-0.05, 0) is 50.2 Å². The summed E-state index contributed by atoms with van der Waals surface area (Å²) in [5, 5.41) is 5.99. The largest absolute Gasteiger partial charge is 0.333 e. The molecule has 4 rings (SSSR count). The highest BCUT2D eigenvalue weighted by Crippen LogP contribution is 2.30. The van der Waals surface area contributed by atoms with Crippen LogP contribution < -0.4 is 20.1 Å². The van der Waals surface area contributed by atoms with Crippen molar-refractivity contribution in [3.8, 4) is 0 Å². The molecule has 0 aliphatic rings. The molecule has 38 heavy (non-hydrogen) atoms. The van der Waals surface area contributed by atoms with E-state index < -0.39 is 32.1 Å². The first-order valence-electron chi connectivity index (χ1n) is 11.3. The van der Waals surface area contributed by atoms with Crippen LogP contribution >= 0.6 is 0 Å². The standard InChI is InChI=1S/C26H24N4O6S2/c1-17-7-11-19(12-8-17)37(33,34)29-25(31)27-23-15-16-24(22-6-4-3-5-21(22)23)28-26(32)30-38(35,36)20-13-9-18(2)10-14-20/h3-16H,1-2H3,(H2,27,29,31)(H2,28,30,32). The van der Waals surface area contributed by atoms with Crippen LogP contribution in [0.2, 0.25) is 0 Å². The summed E-state index contributed by atoms with van der Waals surface area (Å²) < 4.78 is 54.1. The summed E-state index contributed by atoms with van der Waals surface area (Å²) >= 11 is 0. The minimum atomic E-state index is -4.10. The lowest BCUT2D eigenvalue weighted by Gasteiger charge is -2.14. The van der Waals surface area contributed by atoms with Gasteiger partial charge in [-0.3, -0.25) is 0 Å². The first-order valence-corrected chi connectivity index (χ1v) is 14.2. The van der Waals surface area contributed by atoms with Crippen LogP contribution in [0.25, 0.3) is 10.8 Å². The quantitative estimate of drug-likeness (QED) is 0.277. The molecule has 196 valence electrons. The second-order valence-corrected chi connectivity index (χ2v) is 11.8. The molecule has 0 aliphatic heterocycles. The third-order valence-electron chi connectivity index (χ3n) is 5.54. The van der Waals surface area contributed by atoms with Crippen molar-refractivity contribution < 1.29 is 26.4 Å². The predicted octanol–water partition coefficient (Wildman–Crippen LogP) is 4.48. The number of carbonyl (C=O) groups is 2. The van der Waals surface area contributed by atoms with E-state index in [4.69, 9.17) is 0 Å². The molecule has 0 saturated carbocycles. The maximum Gasteiger partial charge on any atom is 0.333 e. The van der Waals surface area contributed by atoms with E-state index in [9.17, 15) is 26.4 Å². The SMILES string of the molecule is Cc1ccc(S(=O)(=O)NC(=O)Nc2ccc(NC(=O)NS(=O)(=O)c3ccc(C)cc3)c3ccccc23)cc1. The number of nitrogens with one attached hydrogen (secondary N) is 4. The highest BCUT2D eigenvalue weighted by molar-refractivity contribution is 7.90. The third kappa shape index (κ3) is 6.10. The van der Waals surface area contributed by atoms with Gasteiger partial charge < -0.3 is 10.6 Å². The molecule has 0 heterocycles. The van der Waals surface area contributed by atoms with Gasteiger partial charge in [0.05, 0.1) is 21.2 Å². The number of sulfonamides is 2. The second kappa shape index (κ2) is 10.5. The molecular weight excluding hydrogens is 528 g/mol. The Morgan fingerprint density at radius 3 is 1.21 bits per heavy atom. The minimum Gasteiger partial charge on any atom is -0.307 e. The molecule has 4 aromatic carbocycles. The summed E-state index contributed by atoms with van der Waals surface area (Å²) in [6.07, 6.45) is 0. The zero-order valence-electron chi connectivity index (χ0n) is 20.3. The maximum absolute atomic E-state index is 12.5. The van der Waals surface area contributed by atoms with Gasteiger partial charge in [0.1, 0.15) is 0 Å². The number of amides is 4. The number of fused-ring (bicyclic) bond motifs is 1. The van der Waals surface area contributed by atoms with E-state index in [-0.39, 0.29) is 21.2 Å². The van der Waals surface area contributed by atoms with Gasteiger partial charge in [0, 0.05) is 10.8 Å². The Balaban J connectivity index is 1.51. The molecule has 4 amide bonds. The van der Waals surface area contributed by atoms with Crippen molar-refractivity contribution in [1.82, 2.24) is 9.44 Å². The lowest BCUT2D eigenvalue weighted by molar-refractivity contribution is 0.255. The van der Waals surface area contributed by atoms with Gasteiger partial charge >= 0.3 is 12.1 Å². The fourth-order valence-corrected chi connectivity index (χ4v) is 5.42. The number of benzene rings is 4. The van der Waals surface area contributed by atoms with Gasteiger partial charge in [0.2, 0.25) is 0 Å². The molecule has 0 bridgehead atoms. The Kier molecular flexibility index (Phi) is 7.37. The van der Waals surface area contributed by atoms with Crippen LogP contribution in [0.1, 0.15) is 11.1 Å². The summed E-state index contributed by atoms with van der Waals surface area (Å²) in [5.41, 5.74) is 2.29. The van der Waals surface area contributed by atoms with Crippen LogP contribution in [-0.4, -0.2) is 28.9 Å². The van der Waals surface area contributed by atoms with Crippen LogP contribution in [-0.2, 0) is 20.0 Å². The van der Waals surface area contributed by atoms with E-state index in [1.165, 1.54) is 36.4 Å². The Labute approximate surface area is 220 Å². The third-order valence-corrected chi connectivity index (χ3v) is 8.23. The maximum atomic E-state index is 12.5. The number of carbonyl (C=O) groups excluding carboxylic acids is 2. The molecule has 0 unspecified atom stereocenters. The van der Waals surface area contributed by atoms with E-state index >= 15 is 0 Å². The number of aryl methyl sites for hydroxylation is 2. The van der Waals surface area contributed by atoms with Crippen molar-refractivity contribution in [3.63, 3.8) is 0 Å². The smallest absolute Gasteiger partial charge is 0.307 e. The lowest BCUT2D eigenvalue weighted by atomic mass is 10.1. The molecule has 4 aromatic rings. The van der Waals surface area contributed by atoms with Crippen LogP contribution in [0, 0.1) is 13.8 Å². The van der Waals surface area contributed by atoms with E-state index in [1.807, 2.05) is 23.3 Å². The summed E-state index contributed by atoms with van der Waals surface area (Å²) in [5.74, 6) is 0. The highest BCUT2D eigenvalue weighted by Gasteiger charge is 2.20. The Morgan fingerprint density at radius 1 is 0.526 bits per heavy atom. The van der Waals surface area contributed by atoms with E-state index in [0.717, 1.165) is 11.1 Å². The van der Waals surface area contributed by atoms with Gasteiger partial charge in [-0.1, -0.05) is 59.7 Å². The zero-order valence-corrected chi connectivity index (χ0v) is 22.0. The molecule has 0 radical (unpaired) electrons. The first-order chi connectivity index (χ1) is 17.9. The Bertz CT molecular complexity index is 1610. The van der Waals surface area contributed by atoms with Crippen LogP contribution in [0.4, 0.5) is 21.0 Å². The van der Waals surface area contributed by atoms with E-state index in [0.29, 0.717) is 10.8 Å². The van der Waals surface area contributed by atoms with Crippen molar-refractivity contribution in [3.05, 3.63) is 96.1 Å². The van der Waals surface area contributed by atoms with Crippen molar-refractivity contribution in [2.75, 3.05) is 10.6 Å².